The topological polar surface area (TPSA) is 63.6 Å². The highest BCUT2D eigenvalue weighted by Gasteiger charge is 2.17. The van der Waals surface area contributed by atoms with E-state index in [9.17, 15) is 5.11 Å². The Morgan fingerprint density at radius 2 is 1.89 bits per heavy atom. The Hall–Kier alpha value is -2.63. The highest BCUT2D eigenvalue weighted by atomic mass is 35.5. The van der Waals surface area contributed by atoms with Gasteiger partial charge in [-0.15, -0.1) is 0 Å². The van der Waals surface area contributed by atoms with E-state index < -0.39 is 0 Å². The van der Waals surface area contributed by atoms with Gasteiger partial charge in [0.15, 0.2) is 11.5 Å². The molecule has 0 fully saturated rings. The Kier molecular flexibility index (Phi) is 6.49. The lowest BCUT2D eigenvalue weighted by molar-refractivity contribution is 0.352. The van der Waals surface area contributed by atoms with Crippen LogP contribution < -0.4 is 14.8 Å². The van der Waals surface area contributed by atoms with Gasteiger partial charge in [-0.1, -0.05) is 35.3 Å². The quantitative estimate of drug-likeness (QED) is 0.508. The second kappa shape index (κ2) is 9.04. The molecule has 1 heterocycles. The van der Waals surface area contributed by atoms with Crippen molar-refractivity contribution in [3.8, 4) is 17.2 Å². The summed E-state index contributed by atoms with van der Waals surface area (Å²) in [5.41, 5.74) is 3.52. The van der Waals surface area contributed by atoms with E-state index in [1.807, 2.05) is 24.3 Å². The van der Waals surface area contributed by atoms with E-state index in [2.05, 4.69) is 10.3 Å². The first-order valence-corrected chi connectivity index (χ1v) is 9.33. The van der Waals surface area contributed by atoms with Crippen LogP contribution in [0.2, 0.25) is 10.2 Å². The van der Waals surface area contributed by atoms with E-state index >= 15 is 0 Å². The molecule has 0 amide bonds. The highest BCUT2D eigenvalue weighted by Crippen LogP contribution is 2.39. The van der Waals surface area contributed by atoms with Crippen LogP contribution in [0.3, 0.4) is 0 Å². The smallest absolute Gasteiger partial charge is 0.166 e. The molecular weight excluding hydrogens is 399 g/mol. The van der Waals surface area contributed by atoms with Gasteiger partial charge in [0, 0.05) is 30.4 Å². The van der Waals surface area contributed by atoms with Crippen molar-refractivity contribution in [2.75, 3.05) is 19.5 Å². The number of phenols is 1. The van der Waals surface area contributed by atoms with Crippen molar-refractivity contribution in [2.24, 2.45) is 0 Å². The van der Waals surface area contributed by atoms with E-state index in [0.717, 1.165) is 22.4 Å². The van der Waals surface area contributed by atoms with Gasteiger partial charge < -0.3 is 19.9 Å². The summed E-state index contributed by atoms with van der Waals surface area (Å²) in [6.45, 7) is 0.529. The number of hydrogen-bond donors (Lipinski definition) is 2. The van der Waals surface area contributed by atoms with Gasteiger partial charge in [-0.25, -0.2) is 4.98 Å². The van der Waals surface area contributed by atoms with E-state index in [-0.39, 0.29) is 10.9 Å². The summed E-state index contributed by atoms with van der Waals surface area (Å²) in [4.78, 5) is 4.00. The SMILES string of the molecule is COc1ccc(NCc2cccc(O)c2)c(Cc2ccnc(Cl)c2Cl)c1OC. The molecule has 0 unspecified atom stereocenters. The zero-order valence-electron chi connectivity index (χ0n) is 15.5. The number of nitrogens with one attached hydrogen (secondary N) is 1. The number of aromatic hydroxyl groups is 1. The van der Waals surface area contributed by atoms with Gasteiger partial charge in [0.05, 0.1) is 19.2 Å². The minimum absolute atomic E-state index is 0.227. The molecule has 2 N–H and O–H groups in total. The zero-order valence-corrected chi connectivity index (χ0v) is 17.0. The van der Waals surface area contributed by atoms with Gasteiger partial charge in [-0.2, -0.15) is 0 Å². The first-order chi connectivity index (χ1) is 13.5. The molecule has 0 spiro atoms. The Morgan fingerprint density at radius 3 is 2.61 bits per heavy atom. The van der Waals surface area contributed by atoms with Crippen LogP contribution in [0.4, 0.5) is 5.69 Å². The fourth-order valence-electron chi connectivity index (χ4n) is 2.98. The van der Waals surface area contributed by atoms with E-state index in [0.29, 0.717) is 29.5 Å². The molecule has 1 aromatic heterocycles. The van der Waals surface area contributed by atoms with Crippen molar-refractivity contribution in [1.82, 2.24) is 4.98 Å². The first kappa shape index (κ1) is 20.1. The van der Waals surface area contributed by atoms with Crippen LogP contribution in [0.25, 0.3) is 0 Å². The molecule has 0 radical (unpaired) electrons. The van der Waals surface area contributed by atoms with Crippen molar-refractivity contribution >= 4 is 28.9 Å². The Morgan fingerprint density at radius 1 is 1.07 bits per heavy atom. The number of rotatable bonds is 7. The average molecular weight is 419 g/mol. The third-order valence-electron chi connectivity index (χ3n) is 4.34. The lowest BCUT2D eigenvalue weighted by Crippen LogP contribution is -2.06. The molecule has 3 rings (SSSR count). The highest BCUT2D eigenvalue weighted by molar-refractivity contribution is 6.41. The number of methoxy groups -OCH3 is 2. The lowest BCUT2D eigenvalue weighted by atomic mass is 10.0. The molecule has 28 heavy (non-hydrogen) atoms. The van der Waals surface area contributed by atoms with Crippen molar-refractivity contribution in [2.45, 2.75) is 13.0 Å². The molecule has 0 bridgehead atoms. The molecule has 0 aliphatic heterocycles. The number of halogens is 2. The van der Waals surface area contributed by atoms with E-state index in [4.69, 9.17) is 32.7 Å². The van der Waals surface area contributed by atoms with Crippen molar-refractivity contribution in [3.05, 3.63) is 75.5 Å². The molecule has 0 aliphatic carbocycles. The molecular formula is C21H20Cl2N2O3. The molecule has 2 aromatic carbocycles. The molecule has 146 valence electrons. The van der Waals surface area contributed by atoms with Gasteiger partial charge in [0.2, 0.25) is 0 Å². The third-order valence-corrected chi connectivity index (χ3v) is 5.14. The summed E-state index contributed by atoms with van der Waals surface area (Å²) in [6.07, 6.45) is 2.10. The first-order valence-electron chi connectivity index (χ1n) is 8.58. The second-order valence-electron chi connectivity index (χ2n) is 6.10. The molecule has 5 nitrogen and oxygen atoms in total. The summed E-state index contributed by atoms with van der Waals surface area (Å²) >= 11 is 12.4. The van der Waals surface area contributed by atoms with Crippen LogP contribution in [0, 0.1) is 0 Å². The minimum atomic E-state index is 0.227. The number of phenolic OH excluding ortho intramolecular Hbond substituents is 1. The molecule has 0 atom stereocenters. The fraction of sp³-hybridized carbons (Fsp3) is 0.190. The zero-order chi connectivity index (χ0) is 20.1. The van der Waals surface area contributed by atoms with Crippen LogP contribution in [0.5, 0.6) is 17.2 Å². The average Bonchev–Trinajstić information content (AvgIpc) is 2.70. The molecule has 3 aromatic rings. The predicted octanol–water partition coefficient (Wildman–Crippen LogP) is 5.31. The van der Waals surface area contributed by atoms with Gasteiger partial charge in [-0.3, -0.25) is 0 Å². The second-order valence-corrected chi connectivity index (χ2v) is 6.84. The van der Waals surface area contributed by atoms with Crippen LogP contribution >= 0.6 is 23.2 Å². The van der Waals surface area contributed by atoms with E-state index in [1.54, 1.807) is 38.6 Å². The summed E-state index contributed by atoms with van der Waals surface area (Å²) < 4.78 is 11.1. The van der Waals surface area contributed by atoms with Crippen molar-refractivity contribution in [3.63, 3.8) is 0 Å². The van der Waals surface area contributed by atoms with Crippen LogP contribution in [-0.4, -0.2) is 24.3 Å². The largest absolute Gasteiger partial charge is 0.508 e. The molecule has 7 heteroatoms. The summed E-state index contributed by atoms with van der Waals surface area (Å²) in [5, 5.41) is 13.7. The van der Waals surface area contributed by atoms with Gasteiger partial charge >= 0.3 is 0 Å². The molecule has 0 saturated heterocycles. The maximum Gasteiger partial charge on any atom is 0.166 e. The standard InChI is InChI=1S/C21H20Cl2N2O3/c1-27-18-7-6-17(25-12-13-4-3-5-15(26)10-13)16(20(18)28-2)11-14-8-9-24-21(23)19(14)22/h3-10,25-26H,11-12H2,1-2H3. The van der Waals surface area contributed by atoms with Crippen molar-refractivity contribution in [1.29, 1.82) is 0 Å². The molecule has 0 aliphatic rings. The monoisotopic (exact) mass is 418 g/mol. The maximum atomic E-state index is 9.67. The summed E-state index contributed by atoms with van der Waals surface area (Å²) in [5.74, 6) is 1.47. The Labute approximate surface area is 173 Å². The van der Waals surface area contributed by atoms with Crippen LogP contribution in [-0.2, 0) is 13.0 Å². The third kappa shape index (κ3) is 4.43. The summed E-state index contributed by atoms with van der Waals surface area (Å²) in [6, 6.07) is 12.7. The molecule has 0 saturated carbocycles. The number of hydrogen-bond acceptors (Lipinski definition) is 5. The van der Waals surface area contributed by atoms with E-state index in [1.165, 1.54) is 0 Å². The number of aromatic nitrogens is 1. The number of pyridine rings is 1. The maximum absolute atomic E-state index is 9.67. The number of anilines is 1. The van der Waals surface area contributed by atoms with Gasteiger partial charge in [-0.05, 0) is 41.5 Å². The van der Waals surface area contributed by atoms with Crippen LogP contribution in [0.15, 0.2) is 48.7 Å². The Balaban J connectivity index is 1.98. The van der Waals surface area contributed by atoms with Crippen LogP contribution in [0.1, 0.15) is 16.7 Å². The van der Waals surface area contributed by atoms with Gasteiger partial charge in [0.1, 0.15) is 10.9 Å². The normalized spacial score (nSPS) is 10.6. The fourth-order valence-corrected chi connectivity index (χ4v) is 3.33. The number of ether oxygens (including phenoxy) is 2. The number of nitrogens with zero attached hydrogens (tertiary/aromatic N) is 1. The summed E-state index contributed by atoms with van der Waals surface area (Å²) in [7, 11) is 3.19. The minimum Gasteiger partial charge on any atom is -0.508 e. The number of benzene rings is 2. The Bertz CT molecular complexity index is 980. The van der Waals surface area contributed by atoms with Gasteiger partial charge in [0.25, 0.3) is 0 Å². The lowest BCUT2D eigenvalue weighted by Gasteiger charge is -2.19. The predicted molar refractivity (Wildman–Crippen MR) is 112 cm³/mol. The van der Waals surface area contributed by atoms with Crippen molar-refractivity contribution < 1.29 is 14.6 Å².